The summed E-state index contributed by atoms with van der Waals surface area (Å²) < 4.78 is 93.9. The summed E-state index contributed by atoms with van der Waals surface area (Å²) >= 11 is 0. The predicted molar refractivity (Wildman–Crippen MR) is 133 cm³/mol. The van der Waals surface area contributed by atoms with Crippen LogP contribution in [0.15, 0.2) is 42.5 Å². The van der Waals surface area contributed by atoms with E-state index in [1.807, 2.05) is 0 Å². The van der Waals surface area contributed by atoms with Crippen molar-refractivity contribution in [3.63, 3.8) is 0 Å². The van der Waals surface area contributed by atoms with Crippen molar-refractivity contribution in [1.82, 2.24) is 15.1 Å². The van der Waals surface area contributed by atoms with Gasteiger partial charge in [-0.3, -0.25) is 4.90 Å². The van der Waals surface area contributed by atoms with Gasteiger partial charge in [-0.2, -0.15) is 26.3 Å². The Kier molecular flexibility index (Phi) is 8.23. The molecule has 1 heterocycles. The normalized spacial score (nSPS) is 20.1. The third-order valence-electron chi connectivity index (χ3n) is 7.60. The lowest BCUT2D eigenvalue weighted by molar-refractivity contribution is -0.143. The molecule has 2 fully saturated rings. The second-order valence-electron chi connectivity index (χ2n) is 10.3. The van der Waals surface area contributed by atoms with Crippen molar-refractivity contribution in [1.29, 1.82) is 0 Å². The molecule has 1 saturated heterocycles. The number of hydrogen-bond donors (Lipinski definition) is 1. The zero-order valence-corrected chi connectivity index (χ0v) is 21.8. The van der Waals surface area contributed by atoms with Crippen molar-refractivity contribution in [2.45, 2.75) is 56.0 Å². The van der Waals surface area contributed by atoms with Gasteiger partial charge in [0, 0.05) is 44.8 Å². The Morgan fingerprint density at radius 3 is 1.95 bits per heavy atom. The standard InChI is InChI=1S/C27H29F7N4O2/c1-36(21-12-17(26(29,30)31)11-18(13-21)27(32,33)34)25(40)37(2)23-15-38(24(39)35-20-5-3-4-6-20)14-22(23)16-7-9-19(28)10-8-16/h7-13,20,22-23H,3-6,14-15H2,1-2H3,(H,35,39)/t22-,23+/m0/s1. The molecule has 2 aliphatic rings. The number of nitrogens with zero attached hydrogens (tertiary/aromatic N) is 3. The Hall–Kier alpha value is -3.51. The maximum absolute atomic E-state index is 13.6. The van der Waals surface area contributed by atoms with E-state index in [0.717, 1.165) is 32.7 Å². The second kappa shape index (κ2) is 11.2. The number of hydrogen-bond acceptors (Lipinski definition) is 2. The van der Waals surface area contributed by atoms with Crippen molar-refractivity contribution in [3.05, 3.63) is 65.0 Å². The lowest BCUT2D eigenvalue weighted by atomic mass is 9.93. The minimum Gasteiger partial charge on any atom is -0.335 e. The SMILES string of the molecule is CN(C(=O)N(C)[C@@H]1CN(C(=O)NC2CCCC2)C[C@H]1c1ccc(F)cc1)c1cc(C(F)(F)F)cc(C(F)(F)F)c1. The van der Waals surface area contributed by atoms with Crippen LogP contribution in [0.3, 0.4) is 0 Å². The Morgan fingerprint density at radius 1 is 0.875 bits per heavy atom. The number of halogens is 7. The zero-order valence-electron chi connectivity index (χ0n) is 21.8. The first-order valence-corrected chi connectivity index (χ1v) is 12.8. The molecule has 1 aliphatic carbocycles. The van der Waals surface area contributed by atoms with Gasteiger partial charge in [0.05, 0.1) is 17.2 Å². The van der Waals surface area contributed by atoms with Gasteiger partial charge in [-0.1, -0.05) is 25.0 Å². The molecule has 2 aromatic rings. The number of anilines is 1. The fourth-order valence-electron chi connectivity index (χ4n) is 5.34. The minimum absolute atomic E-state index is 0.00605. The third-order valence-corrected chi connectivity index (χ3v) is 7.60. The van der Waals surface area contributed by atoms with E-state index >= 15 is 0 Å². The highest BCUT2D eigenvalue weighted by Gasteiger charge is 2.42. The molecule has 1 N–H and O–H groups in total. The Bertz CT molecular complexity index is 1190. The molecule has 4 amide bonds. The maximum Gasteiger partial charge on any atom is 0.416 e. The number of amides is 4. The average Bonchev–Trinajstić information content (AvgIpc) is 3.57. The highest BCUT2D eigenvalue weighted by molar-refractivity contribution is 5.92. The van der Waals surface area contributed by atoms with Gasteiger partial charge in [0.1, 0.15) is 5.82 Å². The number of alkyl halides is 6. The summed E-state index contributed by atoms with van der Waals surface area (Å²) in [6.07, 6.45) is -6.44. The number of likely N-dealkylation sites (tertiary alicyclic amines) is 1. The first kappa shape index (κ1) is 29.5. The lowest BCUT2D eigenvalue weighted by Gasteiger charge is -2.33. The molecule has 0 aromatic heterocycles. The van der Waals surface area contributed by atoms with Crippen LogP contribution in [0.5, 0.6) is 0 Å². The van der Waals surface area contributed by atoms with E-state index in [2.05, 4.69) is 5.32 Å². The van der Waals surface area contributed by atoms with Crippen molar-refractivity contribution in [2.24, 2.45) is 0 Å². The molecule has 1 saturated carbocycles. The molecule has 2 atom stereocenters. The lowest BCUT2D eigenvalue weighted by Crippen LogP contribution is -2.48. The number of carbonyl (C=O) groups excluding carboxylic acids is 2. The Labute approximate surface area is 226 Å². The molecule has 218 valence electrons. The summed E-state index contributed by atoms with van der Waals surface area (Å²) in [5, 5.41) is 2.98. The van der Waals surface area contributed by atoms with Gasteiger partial charge in [0.2, 0.25) is 0 Å². The first-order chi connectivity index (χ1) is 18.6. The van der Waals surface area contributed by atoms with Crippen LogP contribution in [-0.4, -0.2) is 61.1 Å². The van der Waals surface area contributed by atoms with E-state index in [-0.39, 0.29) is 31.2 Å². The highest BCUT2D eigenvalue weighted by Crippen LogP contribution is 2.39. The Morgan fingerprint density at radius 2 is 1.43 bits per heavy atom. The maximum atomic E-state index is 13.6. The van der Waals surface area contributed by atoms with Crippen LogP contribution >= 0.6 is 0 Å². The number of rotatable bonds is 4. The molecule has 0 radical (unpaired) electrons. The van der Waals surface area contributed by atoms with Gasteiger partial charge >= 0.3 is 24.4 Å². The molecule has 4 rings (SSSR count). The molecule has 40 heavy (non-hydrogen) atoms. The van der Waals surface area contributed by atoms with E-state index in [0.29, 0.717) is 22.6 Å². The van der Waals surface area contributed by atoms with Crippen molar-refractivity contribution in [3.8, 4) is 0 Å². The molecular formula is C27H29F7N4O2. The van der Waals surface area contributed by atoms with E-state index in [9.17, 15) is 40.3 Å². The van der Waals surface area contributed by atoms with Crippen LogP contribution in [0.4, 0.5) is 46.0 Å². The largest absolute Gasteiger partial charge is 0.416 e. The molecule has 13 heteroatoms. The zero-order chi connectivity index (χ0) is 29.4. The first-order valence-electron chi connectivity index (χ1n) is 12.8. The van der Waals surface area contributed by atoms with E-state index < -0.39 is 53.0 Å². The van der Waals surface area contributed by atoms with Gasteiger partial charge < -0.3 is 15.1 Å². The number of urea groups is 2. The summed E-state index contributed by atoms with van der Waals surface area (Å²) in [6.45, 7) is 0.241. The van der Waals surface area contributed by atoms with E-state index in [4.69, 9.17) is 0 Å². The monoisotopic (exact) mass is 574 g/mol. The molecule has 2 aromatic carbocycles. The van der Waals surface area contributed by atoms with Crippen molar-refractivity contribution >= 4 is 17.7 Å². The molecule has 0 bridgehead atoms. The molecular weight excluding hydrogens is 545 g/mol. The molecule has 6 nitrogen and oxygen atoms in total. The van der Waals surface area contributed by atoms with Gasteiger partial charge in [-0.15, -0.1) is 0 Å². The Balaban J connectivity index is 1.61. The van der Waals surface area contributed by atoms with Gasteiger partial charge in [-0.25, -0.2) is 14.0 Å². The van der Waals surface area contributed by atoms with Crippen LogP contribution in [0.25, 0.3) is 0 Å². The fraction of sp³-hybridized carbons (Fsp3) is 0.481. The molecule has 1 aliphatic heterocycles. The van der Waals surface area contributed by atoms with Crippen LogP contribution in [0.1, 0.15) is 48.3 Å². The number of nitrogens with one attached hydrogen (secondary N) is 1. The predicted octanol–water partition coefficient (Wildman–Crippen LogP) is 6.47. The minimum atomic E-state index is -5.07. The smallest absolute Gasteiger partial charge is 0.335 e. The quantitative estimate of drug-likeness (QED) is 0.426. The van der Waals surface area contributed by atoms with E-state index in [1.165, 1.54) is 41.1 Å². The summed E-state index contributed by atoms with van der Waals surface area (Å²) in [7, 11) is 2.46. The van der Waals surface area contributed by atoms with Crippen LogP contribution < -0.4 is 10.2 Å². The van der Waals surface area contributed by atoms with Gasteiger partial charge in [0.15, 0.2) is 0 Å². The molecule has 0 spiro atoms. The van der Waals surface area contributed by atoms with Crippen LogP contribution in [-0.2, 0) is 12.4 Å². The summed E-state index contributed by atoms with van der Waals surface area (Å²) in [4.78, 5) is 29.9. The number of likely N-dealkylation sites (N-methyl/N-ethyl adjacent to an activating group) is 1. The van der Waals surface area contributed by atoms with Crippen LogP contribution in [0.2, 0.25) is 0 Å². The van der Waals surface area contributed by atoms with Crippen molar-refractivity contribution in [2.75, 3.05) is 32.1 Å². The van der Waals surface area contributed by atoms with Gasteiger partial charge in [-0.05, 0) is 48.7 Å². The number of benzene rings is 2. The van der Waals surface area contributed by atoms with Gasteiger partial charge in [0.25, 0.3) is 0 Å². The summed E-state index contributed by atoms with van der Waals surface area (Å²) in [5.41, 5.74) is -3.05. The van der Waals surface area contributed by atoms with Crippen LogP contribution in [0, 0.1) is 5.82 Å². The summed E-state index contributed by atoms with van der Waals surface area (Å²) in [5.74, 6) is -0.965. The highest BCUT2D eigenvalue weighted by atomic mass is 19.4. The van der Waals surface area contributed by atoms with Crippen molar-refractivity contribution < 1.29 is 40.3 Å². The second-order valence-corrected chi connectivity index (χ2v) is 10.3. The molecule has 0 unspecified atom stereocenters. The average molecular weight is 575 g/mol. The van der Waals surface area contributed by atoms with E-state index in [1.54, 1.807) is 0 Å². The topological polar surface area (TPSA) is 55.9 Å². The third kappa shape index (κ3) is 6.44. The number of carbonyl (C=O) groups is 2. The fourth-order valence-corrected chi connectivity index (χ4v) is 5.34. The summed E-state index contributed by atoms with van der Waals surface area (Å²) in [6, 6.07) is 4.62.